The smallest absolute Gasteiger partial charge is 0.410 e. The van der Waals surface area contributed by atoms with Crippen LogP contribution < -0.4 is 14.4 Å². The Bertz CT molecular complexity index is 2320. The fourth-order valence-corrected chi connectivity index (χ4v) is 10.0. The van der Waals surface area contributed by atoms with E-state index in [1.54, 1.807) is 0 Å². The second kappa shape index (κ2) is 16.8. The van der Waals surface area contributed by atoms with E-state index in [1.165, 1.54) is 31.4 Å². The number of aromatic hydroxyl groups is 1. The van der Waals surface area contributed by atoms with E-state index in [9.17, 15) is 9.90 Å². The number of carbonyl (C=O) groups excluding carboxylic acids is 1. The molecule has 0 spiro atoms. The molecule has 2 bridgehead atoms. The molecule has 2 aromatic carbocycles. The maximum atomic E-state index is 17.4. The number of phenols is 1. The zero-order valence-electron chi connectivity index (χ0n) is 35.4. The van der Waals surface area contributed by atoms with Crippen LogP contribution in [0.5, 0.6) is 17.6 Å². The maximum Gasteiger partial charge on any atom is 0.410 e. The minimum atomic E-state index is -0.812. The number of halogens is 2. The van der Waals surface area contributed by atoms with Crippen LogP contribution in [0.15, 0.2) is 24.3 Å². The van der Waals surface area contributed by atoms with Gasteiger partial charge < -0.3 is 38.8 Å². The van der Waals surface area contributed by atoms with Crippen molar-refractivity contribution in [3.8, 4) is 41.2 Å². The highest BCUT2D eigenvalue weighted by molar-refractivity contribution is 6.04. The third kappa shape index (κ3) is 8.35. The number of hydrogen-bond donors (Lipinski definition) is 1. The number of benzene rings is 2. The van der Waals surface area contributed by atoms with Gasteiger partial charge in [-0.15, -0.1) is 6.42 Å². The molecule has 5 heterocycles. The molecule has 3 atom stereocenters. The predicted octanol–water partition coefficient (Wildman–Crippen LogP) is 7.95. The lowest BCUT2D eigenvalue weighted by Gasteiger charge is -2.42. The lowest BCUT2D eigenvalue weighted by atomic mass is 9.70. The highest BCUT2D eigenvalue weighted by Gasteiger charge is 2.43. The summed E-state index contributed by atoms with van der Waals surface area (Å²) in [6, 6.07) is 5.90. The van der Waals surface area contributed by atoms with E-state index < -0.39 is 11.6 Å². The first-order valence-electron chi connectivity index (χ1n) is 21.3. The third-order valence-electron chi connectivity index (χ3n) is 12.7. The number of aromatic nitrogens is 3. The van der Waals surface area contributed by atoms with Crippen molar-refractivity contribution in [2.45, 2.75) is 84.8 Å². The zero-order valence-corrected chi connectivity index (χ0v) is 35.4. The summed E-state index contributed by atoms with van der Waals surface area (Å²) in [6.45, 7) is 13.7. The van der Waals surface area contributed by atoms with Crippen molar-refractivity contribution < 1.29 is 37.6 Å². The van der Waals surface area contributed by atoms with Crippen LogP contribution >= 0.6 is 0 Å². The van der Waals surface area contributed by atoms with Crippen molar-refractivity contribution in [3.63, 3.8) is 0 Å². The summed E-state index contributed by atoms with van der Waals surface area (Å²) in [7, 11) is 1.44. The molecular formula is C46H56F2N6O6. The summed E-state index contributed by atoms with van der Waals surface area (Å²) in [5, 5.41) is 11.7. The number of methoxy groups -OCH3 is 1. The average Bonchev–Trinajstić information content (AvgIpc) is 3.56. The maximum absolute atomic E-state index is 17.4. The number of phenolic OH excluding ortho intramolecular Hbond substituents is 1. The summed E-state index contributed by atoms with van der Waals surface area (Å²) in [6.07, 6.45) is 12.5. The first-order chi connectivity index (χ1) is 28.8. The van der Waals surface area contributed by atoms with Gasteiger partial charge in [0.05, 0.1) is 38.6 Å². The van der Waals surface area contributed by atoms with Gasteiger partial charge in [-0.1, -0.05) is 32.3 Å². The lowest BCUT2D eigenvalue weighted by molar-refractivity contribution is 0.0485. The Morgan fingerprint density at radius 2 is 1.90 bits per heavy atom. The molecule has 4 aromatic rings. The van der Waals surface area contributed by atoms with Gasteiger partial charge in [0.15, 0.2) is 5.82 Å². The number of carbonyl (C=O) groups is 1. The van der Waals surface area contributed by atoms with Crippen molar-refractivity contribution in [1.29, 1.82) is 0 Å². The van der Waals surface area contributed by atoms with Crippen LogP contribution in [0.25, 0.3) is 32.9 Å². The van der Waals surface area contributed by atoms with E-state index in [4.69, 9.17) is 35.3 Å². The number of hydrogen-bond acceptors (Lipinski definition) is 11. The van der Waals surface area contributed by atoms with Crippen LogP contribution in [0.3, 0.4) is 0 Å². The quantitative estimate of drug-likeness (QED) is 0.166. The summed E-state index contributed by atoms with van der Waals surface area (Å²) < 4.78 is 56.6. The number of likely N-dealkylation sites (tertiary alicyclic amines) is 2. The SMILES string of the molecule is C#Cc1c(F)ccc2cc(O)cc(-c3nc(OC)c4c(N5CCOCC(C)(C)C5)nc(OC[C@]56CCC[C@@H](C5)N(C[C@H]5CCN(C(=O)OC(C)C)C5)CCC6)nc4c3F)c12. The topological polar surface area (TPSA) is 123 Å². The van der Waals surface area contributed by atoms with E-state index in [0.29, 0.717) is 62.6 Å². The monoisotopic (exact) mass is 826 g/mol. The number of terminal acetylenes is 1. The number of fused-ring (bicyclic) bond motifs is 4. The van der Waals surface area contributed by atoms with Gasteiger partial charge in [0.1, 0.15) is 34.0 Å². The molecule has 12 nitrogen and oxygen atoms in total. The molecule has 1 N–H and O–H groups in total. The molecule has 0 unspecified atom stereocenters. The van der Waals surface area contributed by atoms with Crippen LogP contribution in [0.4, 0.5) is 19.4 Å². The van der Waals surface area contributed by atoms with Gasteiger partial charge in [-0.3, -0.25) is 0 Å². The Kier molecular flexibility index (Phi) is 11.7. The number of nitrogens with zero attached hydrogens (tertiary/aromatic N) is 6. The minimum absolute atomic E-state index is 0.0339. The Balaban J connectivity index is 1.14. The number of anilines is 1. The fourth-order valence-electron chi connectivity index (χ4n) is 10.0. The lowest BCUT2D eigenvalue weighted by Crippen LogP contribution is -2.44. The molecule has 1 saturated carbocycles. The molecule has 4 fully saturated rings. The zero-order chi connectivity index (χ0) is 42.3. The summed E-state index contributed by atoms with van der Waals surface area (Å²) in [4.78, 5) is 33.6. The molecule has 14 heteroatoms. The number of amides is 1. The first-order valence-corrected chi connectivity index (χ1v) is 21.3. The van der Waals surface area contributed by atoms with Crippen LogP contribution in [0, 0.1) is 40.7 Å². The molecule has 4 aliphatic rings. The van der Waals surface area contributed by atoms with Crippen molar-refractivity contribution in [2.24, 2.45) is 16.7 Å². The third-order valence-corrected chi connectivity index (χ3v) is 12.7. The second-order valence-electron chi connectivity index (χ2n) is 18.3. The molecule has 1 aliphatic carbocycles. The van der Waals surface area contributed by atoms with Crippen molar-refractivity contribution in [3.05, 3.63) is 41.5 Å². The molecule has 60 heavy (non-hydrogen) atoms. The largest absolute Gasteiger partial charge is 0.508 e. The van der Waals surface area contributed by atoms with E-state index in [0.717, 1.165) is 64.6 Å². The summed E-state index contributed by atoms with van der Waals surface area (Å²) in [5.41, 5.74) is -0.655. The molecule has 3 aliphatic heterocycles. The Labute approximate surface area is 350 Å². The molecule has 0 radical (unpaired) electrons. The standard InChI is InChI=1S/C46H56F2N6O6/c1-7-33-35(47)12-11-30-20-32(55)21-34(36(30)33)39-38(48)40-37(42(49-39)57-6)41(54-18-19-58-26-45(4,5)25-54)51-43(50-40)59-27-46-14-8-10-31(22-46)52(16-9-15-46)23-29-13-17-53(24-29)44(56)60-28(2)3/h1,11-12,20-21,28-29,31,55H,8-10,13-19,22-27H2,2-6H3/t29-,31+,46+/m1/s1. The van der Waals surface area contributed by atoms with Gasteiger partial charge in [-0.2, -0.15) is 9.97 Å². The van der Waals surface area contributed by atoms with Crippen molar-refractivity contribution in [1.82, 2.24) is 24.8 Å². The molecular weight excluding hydrogens is 771 g/mol. The summed E-state index contributed by atoms with van der Waals surface area (Å²) >= 11 is 0. The Morgan fingerprint density at radius 3 is 2.68 bits per heavy atom. The molecule has 1 amide bonds. The highest BCUT2D eigenvalue weighted by atomic mass is 19.1. The minimum Gasteiger partial charge on any atom is -0.508 e. The molecule has 2 aromatic heterocycles. The number of ether oxygens (including phenoxy) is 4. The molecule has 320 valence electrons. The van der Waals surface area contributed by atoms with Gasteiger partial charge >= 0.3 is 12.1 Å². The van der Waals surface area contributed by atoms with Gasteiger partial charge in [0.25, 0.3) is 0 Å². The first kappa shape index (κ1) is 41.7. The van der Waals surface area contributed by atoms with Gasteiger partial charge in [0, 0.05) is 60.5 Å². The predicted molar refractivity (Wildman–Crippen MR) is 225 cm³/mol. The average molecular weight is 827 g/mol. The normalized spacial score (nSPS) is 23.4. The van der Waals surface area contributed by atoms with Gasteiger partial charge in [-0.05, 0) is 88.4 Å². The van der Waals surface area contributed by atoms with E-state index >= 15 is 8.78 Å². The van der Waals surface area contributed by atoms with Crippen LogP contribution in [-0.4, -0.2) is 114 Å². The van der Waals surface area contributed by atoms with Crippen LogP contribution in [-0.2, 0) is 9.47 Å². The van der Waals surface area contributed by atoms with E-state index in [-0.39, 0.29) is 73.8 Å². The Morgan fingerprint density at radius 1 is 1.08 bits per heavy atom. The van der Waals surface area contributed by atoms with E-state index in [2.05, 4.69) is 29.7 Å². The fraction of sp³-hybridized carbons (Fsp3) is 0.565. The van der Waals surface area contributed by atoms with Crippen LogP contribution in [0.1, 0.15) is 78.2 Å². The van der Waals surface area contributed by atoms with Crippen molar-refractivity contribution >= 4 is 33.6 Å². The van der Waals surface area contributed by atoms with Crippen molar-refractivity contribution in [2.75, 3.05) is 71.1 Å². The Hall–Kier alpha value is -5.00. The number of rotatable bonds is 9. The van der Waals surface area contributed by atoms with Gasteiger partial charge in [-0.25, -0.2) is 18.6 Å². The second-order valence-corrected chi connectivity index (χ2v) is 18.3. The highest BCUT2D eigenvalue weighted by Crippen LogP contribution is 2.46. The van der Waals surface area contributed by atoms with Gasteiger partial charge in [0.2, 0.25) is 5.88 Å². The number of pyridine rings is 1. The summed E-state index contributed by atoms with van der Waals surface area (Å²) in [5.74, 6) is 1.63. The molecule has 3 saturated heterocycles. The molecule has 8 rings (SSSR count). The van der Waals surface area contributed by atoms with Crippen LogP contribution in [0.2, 0.25) is 0 Å². The van der Waals surface area contributed by atoms with E-state index in [1.807, 2.05) is 23.6 Å².